The Balaban J connectivity index is 3.28. The Kier molecular flexibility index (Phi) is 4.21. The summed E-state index contributed by atoms with van der Waals surface area (Å²) in [7, 11) is -1.89. The highest BCUT2D eigenvalue weighted by Crippen LogP contribution is 2.25. The van der Waals surface area contributed by atoms with E-state index in [1.165, 1.54) is 0 Å². The second kappa shape index (κ2) is 3.86. The van der Waals surface area contributed by atoms with Crippen molar-refractivity contribution in [1.82, 2.24) is 0 Å². The molecule has 0 fully saturated rings. The SMILES string of the molecule is OB(O)OCC(Cl)(Cl)Cl. The molecule has 0 amide bonds. The van der Waals surface area contributed by atoms with E-state index in [9.17, 15) is 0 Å². The van der Waals surface area contributed by atoms with Crippen molar-refractivity contribution in [3.63, 3.8) is 0 Å². The first-order valence-corrected chi connectivity index (χ1v) is 3.10. The van der Waals surface area contributed by atoms with E-state index in [1.54, 1.807) is 0 Å². The lowest BCUT2D eigenvalue weighted by molar-refractivity contribution is 0.190. The van der Waals surface area contributed by atoms with Crippen molar-refractivity contribution < 1.29 is 14.7 Å². The van der Waals surface area contributed by atoms with Gasteiger partial charge in [0.15, 0.2) is 0 Å². The van der Waals surface area contributed by atoms with Crippen molar-refractivity contribution in [2.24, 2.45) is 0 Å². The fraction of sp³-hybridized carbons (Fsp3) is 1.00. The smallest absolute Gasteiger partial charge is 0.402 e. The molecule has 0 spiro atoms. The standard InChI is InChI=1S/C2H4BCl3O3/c4-2(5,6)1-9-3(7)8/h7-8H,1H2. The van der Waals surface area contributed by atoms with Gasteiger partial charge in [0.1, 0.15) is 0 Å². The lowest BCUT2D eigenvalue weighted by atomic mass is 10.3. The van der Waals surface area contributed by atoms with Crippen LogP contribution in [0.4, 0.5) is 0 Å². The zero-order valence-electron chi connectivity index (χ0n) is 4.22. The maximum absolute atomic E-state index is 8.07. The van der Waals surface area contributed by atoms with Crippen LogP contribution in [-0.2, 0) is 4.65 Å². The fourth-order valence-electron chi connectivity index (χ4n) is 0.169. The second-order valence-electron chi connectivity index (χ2n) is 1.25. The minimum absolute atomic E-state index is 0.352. The van der Waals surface area contributed by atoms with Gasteiger partial charge in [-0.05, 0) is 0 Å². The molecule has 7 heteroatoms. The number of rotatable bonds is 2. The van der Waals surface area contributed by atoms with Gasteiger partial charge in [-0.1, -0.05) is 34.8 Å². The number of hydrogen-bond donors (Lipinski definition) is 2. The lowest BCUT2D eigenvalue weighted by Crippen LogP contribution is -2.24. The molecule has 0 heterocycles. The van der Waals surface area contributed by atoms with Crippen LogP contribution in [0.25, 0.3) is 0 Å². The quantitative estimate of drug-likeness (QED) is 0.491. The van der Waals surface area contributed by atoms with E-state index >= 15 is 0 Å². The molecule has 0 unspecified atom stereocenters. The van der Waals surface area contributed by atoms with Crippen LogP contribution in [0.2, 0.25) is 0 Å². The van der Waals surface area contributed by atoms with Gasteiger partial charge in [-0.25, -0.2) is 0 Å². The van der Waals surface area contributed by atoms with Crippen LogP contribution in [0.5, 0.6) is 0 Å². The van der Waals surface area contributed by atoms with Crippen LogP contribution >= 0.6 is 34.8 Å². The van der Waals surface area contributed by atoms with Crippen LogP contribution in [0, 0.1) is 0 Å². The highest BCUT2D eigenvalue weighted by molar-refractivity contribution is 6.67. The predicted molar refractivity (Wildman–Crippen MR) is 36.4 cm³/mol. The van der Waals surface area contributed by atoms with Crippen LogP contribution in [0.3, 0.4) is 0 Å². The van der Waals surface area contributed by atoms with E-state index in [0.717, 1.165) is 0 Å². The Bertz CT molecular complexity index is 81.6. The van der Waals surface area contributed by atoms with E-state index in [1.807, 2.05) is 0 Å². The Morgan fingerprint density at radius 1 is 1.33 bits per heavy atom. The molecule has 0 aromatic carbocycles. The predicted octanol–water partition coefficient (Wildman–Crippen LogP) is 0.343. The summed E-state index contributed by atoms with van der Waals surface area (Å²) >= 11 is 15.5. The van der Waals surface area contributed by atoms with E-state index in [4.69, 9.17) is 44.9 Å². The summed E-state index contributed by atoms with van der Waals surface area (Å²) in [4.78, 5) is 0. The Morgan fingerprint density at radius 3 is 1.89 bits per heavy atom. The average molecular weight is 193 g/mol. The van der Waals surface area contributed by atoms with Gasteiger partial charge in [0.2, 0.25) is 3.79 Å². The highest BCUT2D eigenvalue weighted by Gasteiger charge is 2.22. The molecule has 0 saturated heterocycles. The molecule has 3 nitrogen and oxygen atoms in total. The van der Waals surface area contributed by atoms with Crippen molar-refractivity contribution >= 4 is 42.1 Å². The van der Waals surface area contributed by atoms with Crippen LogP contribution in [0.15, 0.2) is 0 Å². The van der Waals surface area contributed by atoms with E-state index in [2.05, 4.69) is 4.65 Å². The normalized spacial score (nSPS) is 11.7. The third-order valence-electron chi connectivity index (χ3n) is 0.396. The molecule has 0 aliphatic rings. The second-order valence-corrected chi connectivity index (χ2v) is 3.77. The van der Waals surface area contributed by atoms with Gasteiger partial charge in [-0.2, -0.15) is 0 Å². The topological polar surface area (TPSA) is 49.7 Å². The molecule has 0 aliphatic heterocycles. The van der Waals surface area contributed by atoms with Crippen LogP contribution in [0.1, 0.15) is 0 Å². The average Bonchev–Trinajstić information content (AvgIpc) is 1.59. The van der Waals surface area contributed by atoms with E-state index in [0.29, 0.717) is 0 Å². The van der Waals surface area contributed by atoms with Crippen LogP contribution in [-0.4, -0.2) is 27.8 Å². The minimum atomic E-state index is -1.89. The molecule has 2 N–H and O–H groups in total. The molecule has 0 aromatic rings. The van der Waals surface area contributed by atoms with Gasteiger partial charge in [0.25, 0.3) is 0 Å². The largest absolute Gasteiger partial charge is 0.634 e. The fourth-order valence-corrected chi connectivity index (χ4v) is 0.358. The third-order valence-corrected chi connectivity index (χ3v) is 0.723. The van der Waals surface area contributed by atoms with Crippen LogP contribution < -0.4 is 0 Å². The molecular weight excluding hydrogens is 189 g/mol. The summed E-state index contributed by atoms with van der Waals surface area (Å²) in [5.41, 5.74) is 0. The van der Waals surface area contributed by atoms with Gasteiger partial charge in [-0.3, -0.25) is 0 Å². The Labute approximate surface area is 67.6 Å². The van der Waals surface area contributed by atoms with Gasteiger partial charge in [0, 0.05) is 0 Å². The first kappa shape index (κ1) is 9.81. The first-order chi connectivity index (χ1) is 3.92. The molecular formula is C2H4BCl3O3. The summed E-state index contributed by atoms with van der Waals surface area (Å²) in [6, 6.07) is 0. The summed E-state index contributed by atoms with van der Waals surface area (Å²) < 4.78 is 2.53. The summed E-state index contributed by atoms with van der Waals surface area (Å²) in [6.07, 6.45) is 0. The van der Waals surface area contributed by atoms with Crippen molar-refractivity contribution in [1.29, 1.82) is 0 Å². The molecule has 0 rings (SSSR count). The number of halogens is 3. The molecule has 0 saturated carbocycles. The van der Waals surface area contributed by atoms with Crippen molar-refractivity contribution in [2.75, 3.05) is 6.61 Å². The van der Waals surface area contributed by atoms with Gasteiger partial charge >= 0.3 is 7.32 Å². The summed E-state index contributed by atoms with van der Waals surface area (Å²) in [5, 5.41) is 16.1. The molecule has 54 valence electrons. The van der Waals surface area contributed by atoms with Gasteiger partial charge in [-0.15, -0.1) is 0 Å². The van der Waals surface area contributed by atoms with E-state index in [-0.39, 0.29) is 6.61 Å². The molecule has 9 heavy (non-hydrogen) atoms. The summed E-state index contributed by atoms with van der Waals surface area (Å²) in [6.45, 7) is -0.352. The molecule has 0 aromatic heterocycles. The third kappa shape index (κ3) is 8.81. The first-order valence-electron chi connectivity index (χ1n) is 1.96. The van der Waals surface area contributed by atoms with Crippen molar-refractivity contribution in [2.45, 2.75) is 3.79 Å². The number of alkyl halides is 3. The molecule has 0 atom stereocenters. The zero-order valence-corrected chi connectivity index (χ0v) is 6.49. The van der Waals surface area contributed by atoms with Gasteiger partial charge in [0.05, 0.1) is 6.61 Å². The minimum Gasteiger partial charge on any atom is -0.402 e. The lowest BCUT2D eigenvalue weighted by Gasteiger charge is -2.09. The summed E-state index contributed by atoms with van der Waals surface area (Å²) in [5.74, 6) is 0. The maximum atomic E-state index is 8.07. The molecule has 0 aliphatic carbocycles. The monoisotopic (exact) mass is 192 g/mol. The Hall–Kier alpha value is 0.815. The number of hydrogen-bond acceptors (Lipinski definition) is 3. The molecule has 0 bridgehead atoms. The van der Waals surface area contributed by atoms with Crippen molar-refractivity contribution in [3.05, 3.63) is 0 Å². The van der Waals surface area contributed by atoms with Gasteiger partial charge < -0.3 is 14.7 Å². The Morgan fingerprint density at radius 2 is 1.78 bits per heavy atom. The molecule has 0 radical (unpaired) electrons. The highest BCUT2D eigenvalue weighted by atomic mass is 35.6. The maximum Gasteiger partial charge on any atom is 0.634 e. The zero-order chi connectivity index (χ0) is 7.49. The van der Waals surface area contributed by atoms with E-state index < -0.39 is 11.1 Å². The van der Waals surface area contributed by atoms with Crippen molar-refractivity contribution in [3.8, 4) is 0 Å².